The molecule has 0 aliphatic carbocycles. The molecule has 150 valence electrons. The first kappa shape index (κ1) is 19.1. The molecule has 0 saturated carbocycles. The van der Waals surface area contributed by atoms with Gasteiger partial charge in [-0.25, -0.2) is 9.97 Å². The summed E-state index contributed by atoms with van der Waals surface area (Å²) in [5.41, 5.74) is 9.40. The number of hydrogen-bond acceptors (Lipinski definition) is 2. The topological polar surface area (TPSA) is 57.4 Å². The van der Waals surface area contributed by atoms with E-state index in [2.05, 4.69) is 92.7 Å². The first-order valence-electron chi connectivity index (χ1n) is 10.4. The summed E-state index contributed by atoms with van der Waals surface area (Å²) in [6.45, 7) is 0. The molecule has 0 aromatic carbocycles. The van der Waals surface area contributed by atoms with Crippen LogP contribution < -0.4 is 0 Å². The summed E-state index contributed by atoms with van der Waals surface area (Å²) < 4.78 is 0. The Kier molecular flexibility index (Phi) is 5.37. The van der Waals surface area contributed by atoms with Gasteiger partial charge >= 0.3 is 0 Å². The molecule has 8 bridgehead atoms. The van der Waals surface area contributed by atoms with E-state index >= 15 is 0 Å². The van der Waals surface area contributed by atoms with Crippen molar-refractivity contribution < 1.29 is 0 Å². The van der Waals surface area contributed by atoms with E-state index in [0.29, 0.717) is 0 Å². The zero-order valence-electron chi connectivity index (χ0n) is 16.7. The maximum atomic E-state index is 4.91. The highest BCUT2D eigenvalue weighted by Gasteiger charge is 2.11. The number of unbranched alkanes of at least 4 members (excludes halogenated alkanes) is 2. The van der Waals surface area contributed by atoms with Gasteiger partial charge in [0.25, 0.3) is 0 Å². The molecule has 30 heavy (non-hydrogen) atoms. The zero-order chi connectivity index (χ0) is 20.3. The number of fused-ring (bicyclic) bond motifs is 8. The zero-order valence-corrected chi connectivity index (χ0v) is 18.2. The van der Waals surface area contributed by atoms with Gasteiger partial charge in [0.1, 0.15) is 0 Å². The summed E-state index contributed by atoms with van der Waals surface area (Å²) in [4.78, 5) is 16.7. The molecule has 0 radical (unpaired) electrons. The summed E-state index contributed by atoms with van der Waals surface area (Å²) in [7, 11) is 0. The molecule has 5 heteroatoms. The monoisotopic (exact) mass is 458 g/mol. The van der Waals surface area contributed by atoms with Gasteiger partial charge in [-0.1, -0.05) is 22.4 Å². The Morgan fingerprint density at radius 1 is 0.633 bits per heavy atom. The van der Waals surface area contributed by atoms with Gasteiger partial charge in [0.2, 0.25) is 0 Å². The number of rotatable bonds is 5. The standard InChI is InChI=1S/C25H23BrN4/c26-13-3-1-2-4-23-24-11-9-21(29-24)15-19-7-5-17(27-19)14-18-6-8-20(28-18)16-22-10-12-25(23)30-22/h5-12,14-16,27-28H,1-4,13H2. The van der Waals surface area contributed by atoms with Crippen molar-refractivity contribution in [3.05, 3.63) is 70.8 Å². The minimum absolute atomic E-state index is 0.962. The predicted octanol–water partition coefficient (Wildman–Crippen LogP) is 6.76. The minimum Gasteiger partial charge on any atom is -0.355 e. The van der Waals surface area contributed by atoms with Crippen molar-refractivity contribution in [2.75, 3.05) is 5.33 Å². The molecule has 5 heterocycles. The van der Waals surface area contributed by atoms with Crippen LogP contribution >= 0.6 is 15.9 Å². The van der Waals surface area contributed by atoms with Gasteiger partial charge in [-0.05, 0) is 86.0 Å². The molecule has 2 aliphatic heterocycles. The van der Waals surface area contributed by atoms with Crippen molar-refractivity contribution in [1.29, 1.82) is 0 Å². The van der Waals surface area contributed by atoms with Crippen molar-refractivity contribution in [3.63, 3.8) is 0 Å². The quantitative estimate of drug-likeness (QED) is 0.225. The SMILES string of the molecule is BrCCCCCc1c2nc(cc3ccc(cc4ccc(cc5nc1C=C5)[nH]4)[nH]3)C=C2. The number of alkyl halides is 1. The fourth-order valence-electron chi connectivity index (χ4n) is 3.90. The molecule has 2 N–H and O–H groups in total. The van der Waals surface area contributed by atoms with Crippen LogP contribution in [-0.2, 0) is 6.42 Å². The third-order valence-electron chi connectivity index (χ3n) is 5.38. The third-order valence-corrected chi connectivity index (χ3v) is 5.94. The highest BCUT2D eigenvalue weighted by atomic mass is 79.9. The van der Waals surface area contributed by atoms with E-state index < -0.39 is 0 Å². The fraction of sp³-hybridized carbons (Fsp3) is 0.200. The molecule has 2 aliphatic rings. The molecule has 0 fully saturated rings. The van der Waals surface area contributed by atoms with Crippen LogP contribution in [0.2, 0.25) is 0 Å². The molecule has 0 amide bonds. The van der Waals surface area contributed by atoms with Crippen LogP contribution in [0.5, 0.6) is 0 Å². The lowest BCUT2D eigenvalue weighted by Crippen LogP contribution is -1.95. The maximum Gasteiger partial charge on any atom is 0.0691 e. The van der Waals surface area contributed by atoms with Crippen LogP contribution in [0, 0.1) is 0 Å². The largest absolute Gasteiger partial charge is 0.355 e. The van der Waals surface area contributed by atoms with Crippen molar-refractivity contribution in [2.24, 2.45) is 0 Å². The third kappa shape index (κ3) is 4.17. The molecular formula is C25H23BrN4. The first-order chi connectivity index (χ1) is 14.8. The van der Waals surface area contributed by atoms with Crippen LogP contribution in [-0.4, -0.2) is 25.3 Å². The Labute approximate surface area is 183 Å². The van der Waals surface area contributed by atoms with E-state index in [-0.39, 0.29) is 0 Å². The summed E-state index contributed by atoms with van der Waals surface area (Å²) in [6, 6.07) is 14.6. The molecule has 0 spiro atoms. The summed E-state index contributed by atoms with van der Waals surface area (Å²) >= 11 is 3.53. The Bertz CT molecular complexity index is 1200. The Hall–Kier alpha value is -2.92. The first-order valence-corrected chi connectivity index (χ1v) is 11.5. The summed E-state index contributed by atoms with van der Waals surface area (Å²) in [6.07, 6.45) is 12.9. The molecule has 3 aromatic heterocycles. The van der Waals surface area contributed by atoms with E-state index in [1.54, 1.807) is 0 Å². The molecule has 0 atom stereocenters. The Morgan fingerprint density at radius 3 is 1.70 bits per heavy atom. The minimum atomic E-state index is 0.962. The number of aromatic nitrogens is 4. The molecule has 0 saturated heterocycles. The number of aromatic amines is 2. The van der Waals surface area contributed by atoms with Crippen LogP contribution in [0.4, 0.5) is 0 Å². The van der Waals surface area contributed by atoms with E-state index in [9.17, 15) is 0 Å². The molecular weight excluding hydrogens is 436 g/mol. The number of nitrogens with one attached hydrogen (secondary N) is 2. The number of halogens is 1. The molecule has 0 unspecified atom stereocenters. The number of nitrogens with zero attached hydrogens (tertiary/aromatic N) is 2. The maximum absolute atomic E-state index is 4.91. The second-order valence-corrected chi connectivity index (χ2v) is 8.45. The van der Waals surface area contributed by atoms with E-state index in [1.807, 2.05) is 0 Å². The highest BCUT2D eigenvalue weighted by molar-refractivity contribution is 9.09. The van der Waals surface area contributed by atoms with Gasteiger partial charge in [0, 0.05) is 33.0 Å². The lowest BCUT2D eigenvalue weighted by Gasteiger charge is -2.04. The predicted molar refractivity (Wildman–Crippen MR) is 130 cm³/mol. The lowest BCUT2D eigenvalue weighted by molar-refractivity contribution is 0.721. The smallest absolute Gasteiger partial charge is 0.0691 e. The van der Waals surface area contributed by atoms with E-state index in [0.717, 1.165) is 63.0 Å². The van der Waals surface area contributed by atoms with Gasteiger partial charge < -0.3 is 9.97 Å². The van der Waals surface area contributed by atoms with Crippen molar-refractivity contribution in [1.82, 2.24) is 19.9 Å². The normalized spacial score (nSPS) is 12.6. The fourth-order valence-corrected chi connectivity index (χ4v) is 4.29. The van der Waals surface area contributed by atoms with Crippen LogP contribution in [0.1, 0.15) is 47.6 Å². The van der Waals surface area contributed by atoms with Crippen molar-refractivity contribution >= 4 is 62.3 Å². The lowest BCUT2D eigenvalue weighted by atomic mass is 10.0. The number of H-pyrrole nitrogens is 2. The van der Waals surface area contributed by atoms with Gasteiger partial charge in [0.15, 0.2) is 0 Å². The van der Waals surface area contributed by atoms with Crippen molar-refractivity contribution in [3.8, 4) is 0 Å². The van der Waals surface area contributed by atoms with Crippen LogP contribution in [0.3, 0.4) is 0 Å². The van der Waals surface area contributed by atoms with E-state index in [1.165, 1.54) is 18.4 Å². The molecule has 5 rings (SSSR count). The molecule has 3 aromatic rings. The average Bonchev–Trinajstić information content (AvgIpc) is 3.52. The summed E-state index contributed by atoms with van der Waals surface area (Å²) in [5, 5.41) is 1.05. The Morgan fingerprint density at radius 2 is 1.17 bits per heavy atom. The number of hydrogen-bond donors (Lipinski definition) is 2. The van der Waals surface area contributed by atoms with Gasteiger partial charge in [-0.15, -0.1) is 0 Å². The van der Waals surface area contributed by atoms with Crippen molar-refractivity contribution in [2.45, 2.75) is 25.7 Å². The van der Waals surface area contributed by atoms with Gasteiger partial charge in [0.05, 0.1) is 22.8 Å². The Balaban J connectivity index is 1.72. The second kappa shape index (κ2) is 8.44. The van der Waals surface area contributed by atoms with Gasteiger partial charge in [-0.3, -0.25) is 0 Å². The average molecular weight is 459 g/mol. The van der Waals surface area contributed by atoms with Gasteiger partial charge in [-0.2, -0.15) is 0 Å². The highest BCUT2D eigenvalue weighted by Crippen LogP contribution is 2.24. The van der Waals surface area contributed by atoms with E-state index in [4.69, 9.17) is 9.97 Å². The van der Waals surface area contributed by atoms with Crippen LogP contribution in [0.15, 0.2) is 42.5 Å². The summed E-state index contributed by atoms with van der Waals surface area (Å²) in [5.74, 6) is 0. The molecule has 4 nitrogen and oxygen atoms in total. The second-order valence-electron chi connectivity index (χ2n) is 7.66. The van der Waals surface area contributed by atoms with Crippen LogP contribution in [0.25, 0.3) is 46.4 Å².